The van der Waals surface area contributed by atoms with Gasteiger partial charge in [-0.1, -0.05) is 13.0 Å². The molecule has 3 N–H and O–H groups in total. The number of nitrogens with one attached hydrogen (secondary N) is 1. The molecule has 0 aliphatic heterocycles. The van der Waals surface area contributed by atoms with E-state index in [1.807, 2.05) is 45.2 Å². The van der Waals surface area contributed by atoms with Gasteiger partial charge in [-0.25, -0.2) is 4.98 Å². The quantitative estimate of drug-likeness (QED) is 0.668. The standard InChI is InChI=1S/C18H21N7S/c1-5-12-11(2)24-25-15(20)13(10-19)16(22-17(12)25)23-18(3,26-4)14-8-6-7-9-21-14/h6-9H,5,20H2,1-4H3,(H,22,23). The number of pyridine rings is 1. The summed E-state index contributed by atoms with van der Waals surface area (Å²) in [5.74, 6) is 0.724. The van der Waals surface area contributed by atoms with E-state index < -0.39 is 4.87 Å². The maximum Gasteiger partial charge on any atom is 0.163 e. The van der Waals surface area contributed by atoms with Crippen molar-refractivity contribution in [3.05, 3.63) is 46.9 Å². The molecule has 0 radical (unpaired) electrons. The van der Waals surface area contributed by atoms with E-state index in [2.05, 4.69) is 21.5 Å². The van der Waals surface area contributed by atoms with Crippen molar-refractivity contribution in [2.24, 2.45) is 0 Å². The number of nitrogens with zero attached hydrogens (tertiary/aromatic N) is 5. The number of aryl methyl sites for hydroxylation is 2. The Morgan fingerprint density at radius 1 is 1.42 bits per heavy atom. The summed E-state index contributed by atoms with van der Waals surface area (Å²) in [6.45, 7) is 5.98. The molecule has 134 valence electrons. The van der Waals surface area contributed by atoms with Crippen molar-refractivity contribution in [2.75, 3.05) is 17.3 Å². The van der Waals surface area contributed by atoms with Gasteiger partial charge in [0.05, 0.1) is 11.4 Å². The van der Waals surface area contributed by atoms with Crippen LogP contribution in [0.15, 0.2) is 24.4 Å². The summed E-state index contributed by atoms with van der Waals surface area (Å²) < 4.78 is 1.55. The van der Waals surface area contributed by atoms with Gasteiger partial charge in [0.2, 0.25) is 0 Å². The predicted octanol–water partition coefficient (Wildman–Crippen LogP) is 3.10. The highest BCUT2D eigenvalue weighted by Gasteiger charge is 2.30. The van der Waals surface area contributed by atoms with Gasteiger partial charge < -0.3 is 11.1 Å². The Kier molecular flexibility index (Phi) is 4.74. The van der Waals surface area contributed by atoms with E-state index in [9.17, 15) is 5.26 Å². The number of hydrogen-bond acceptors (Lipinski definition) is 7. The smallest absolute Gasteiger partial charge is 0.163 e. The van der Waals surface area contributed by atoms with Crippen LogP contribution in [0.4, 0.5) is 11.6 Å². The fraction of sp³-hybridized carbons (Fsp3) is 0.333. The minimum absolute atomic E-state index is 0.277. The van der Waals surface area contributed by atoms with Gasteiger partial charge in [0.25, 0.3) is 0 Å². The lowest BCUT2D eigenvalue weighted by atomic mass is 10.1. The molecule has 0 aromatic carbocycles. The van der Waals surface area contributed by atoms with Gasteiger partial charge in [-0.3, -0.25) is 4.98 Å². The van der Waals surface area contributed by atoms with E-state index in [0.717, 1.165) is 23.4 Å². The van der Waals surface area contributed by atoms with E-state index >= 15 is 0 Å². The molecule has 0 amide bonds. The van der Waals surface area contributed by atoms with E-state index in [4.69, 9.17) is 10.7 Å². The van der Waals surface area contributed by atoms with Crippen LogP contribution in [0.5, 0.6) is 0 Å². The Balaban J connectivity index is 2.19. The van der Waals surface area contributed by atoms with Gasteiger partial charge in [-0.15, -0.1) is 11.8 Å². The first-order valence-electron chi connectivity index (χ1n) is 8.27. The molecule has 3 aromatic rings. The van der Waals surface area contributed by atoms with Crippen molar-refractivity contribution in [1.82, 2.24) is 19.6 Å². The third kappa shape index (κ3) is 2.84. The Morgan fingerprint density at radius 2 is 2.19 bits per heavy atom. The normalized spacial score (nSPS) is 13.3. The molecule has 0 spiro atoms. The molecule has 26 heavy (non-hydrogen) atoms. The number of nitrogens with two attached hydrogens (primary N) is 1. The Morgan fingerprint density at radius 3 is 2.77 bits per heavy atom. The second kappa shape index (κ2) is 6.84. The highest BCUT2D eigenvalue weighted by Crippen LogP contribution is 2.36. The van der Waals surface area contributed by atoms with E-state index in [-0.39, 0.29) is 11.4 Å². The molecule has 1 unspecified atom stereocenters. The number of aromatic nitrogens is 4. The third-order valence-electron chi connectivity index (χ3n) is 4.48. The van der Waals surface area contributed by atoms with Crippen molar-refractivity contribution >= 4 is 29.0 Å². The monoisotopic (exact) mass is 367 g/mol. The lowest BCUT2D eigenvalue weighted by Crippen LogP contribution is -2.30. The van der Waals surface area contributed by atoms with Crippen LogP contribution in [-0.2, 0) is 11.3 Å². The summed E-state index contributed by atoms with van der Waals surface area (Å²) in [5.41, 5.74) is 9.92. The Bertz CT molecular complexity index is 990. The number of thioether (sulfide) groups is 1. The van der Waals surface area contributed by atoms with Gasteiger partial charge in [0, 0.05) is 11.8 Å². The lowest BCUT2D eigenvalue weighted by Gasteiger charge is -2.29. The SMILES string of the molecule is CCc1c(C)nn2c(N)c(C#N)c(NC(C)(SC)c3ccccn3)nc12. The number of fused-ring (bicyclic) bond motifs is 1. The van der Waals surface area contributed by atoms with E-state index in [1.165, 1.54) is 0 Å². The average molecular weight is 367 g/mol. The molecule has 3 aromatic heterocycles. The van der Waals surface area contributed by atoms with Crippen LogP contribution in [0.1, 0.15) is 36.4 Å². The maximum absolute atomic E-state index is 9.66. The van der Waals surface area contributed by atoms with Crippen molar-refractivity contribution in [1.29, 1.82) is 5.26 Å². The third-order valence-corrected chi connectivity index (χ3v) is 5.61. The molecule has 0 saturated heterocycles. The second-order valence-electron chi connectivity index (χ2n) is 6.06. The van der Waals surface area contributed by atoms with Gasteiger partial charge in [-0.05, 0) is 38.7 Å². The van der Waals surface area contributed by atoms with Gasteiger partial charge in [-0.2, -0.15) is 14.9 Å². The van der Waals surface area contributed by atoms with Crippen LogP contribution < -0.4 is 11.1 Å². The van der Waals surface area contributed by atoms with Crippen LogP contribution in [0.25, 0.3) is 5.65 Å². The molecule has 1 atom stereocenters. The van der Waals surface area contributed by atoms with E-state index in [0.29, 0.717) is 11.5 Å². The first-order valence-corrected chi connectivity index (χ1v) is 9.50. The summed E-state index contributed by atoms with van der Waals surface area (Å²) in [5, 5.41) is 17.5. The number of anilines is 2. The lowest BCUT2D eigenvalue weighted by molar-refractivity contribution is 0.760. The van der Waals surface area contributed by atoms with Crippen LogP contribution in [-0.4, -0.2) is 25.8 Å². The van der Waals surface area contributed by atoms with Gasteiger partial charge in [0.1, 0.15) is 22.3 Å². The number of nitrogen functional groups attached to an aromatic ring is 1. The molecule has 7 nitrogen and oxygen atoms in total. The summed E-state index contributed by atoms with van der Waals surface area (Å²) in [6.07, 6.45) is 4.51. The summed E-state index contributed by atoms with van der Waals surface area (Å²) in [4.78, 5) is 8.59. The first kappa shape index (κ1) is 18.0. The molecule has 3 rings (SSSR count). The highest BCUT2D eigenvalue weighted by atomic mass is 32.2. The zero-order valence-corrected chi connectivity index (χ0v) is 16.1. The van der Waals surface area contributed by atoms with Crippen LogP contribution >= 0.6 is 11.8 Å². The number of rotatable bonds is 5. The zero-order chi connectivity index (χ0) is 18.9. The topological polar surface area (TPSA) is 105 Å². The fourth-order valence-electron chi connectivity index (χ4n) is 2.92. The molecule has 0 aliphatic carbocycles. The predicted molar refractivity (Wildman–Crippen MR) is 105 cm³/mol. The van der Waals surface area contributed by atoms with Crippen molar-refractivity contribution < 1.29 is 0 Å². The van der Waals surface area contributed by atoms with Crippen molar-refractivity contribution in [2.45, 2.75) is 32.1 Å². The minimum atomic E-state index is -0.563. The fourth-order valence-corrected chi connectivity index (χ4v) is 3.45. The Hall–Kier alpha value is -2.79. The molecule has 0 bridgehead atoms. The molecule has 0 fully saturated rings. The van der Waals surface area contributed by atoms with Crippen LogP contribution in [0.2, 0.25) is 0 Å². The molecule has 3 heterocycles. The van der Waals surface area contributed by atoms with E-state index in [1.54, 1.807) is 22.5 Å². The molecule has 0 aliphatic rings. The number of hydrogen-bond donors (Lipinski definition) is 2. The molecular weight excluding hydrogens is 346 g/mol. The Labute approximate surface area is 156 Å². The minimum Gasteiger partial charge on any atom is -0.382 e. The summed E-state index contributed by atoms with van der Waals surface area (Å²) >= 11 is 1.58. The summed E-state index contributed by atoms with van der Waals surface area (Å²) in [7, 11) is 0. The average Bonchev–Trinajstić information content (AvgIpc) is 2.98. The van der Waals surface area contributed by atoms with Crippen molar-refractivity contribution in [3.63, 3.8) is 0 Å². The zero-order valence-electron chi connectivity index (χ0n) is 15.2. The molecular formula is C18H21N7S. The molecule has 0 saturated carbocycles. The molecule has 8 heteroatoms. The largest absolute Gasteiger partial charge is 0.382 e. The highest BCUT2D eigenvalue weighted by molar-refractivity contribution is 7.99. The summed E-state index contributed by atoms with van der Waals surface area (Å²) in [6, 6.07) is 7.91. The van der Waals surface area contributed by atoms with Gasteiger partial charge >= 0.3 is 0 Å². The van der Waals surface area contributed by atoms with Gasteiger partial charge in [0.15, 0.2) is 11.5 Å². The second-order valence-corrected chi connectivity index (χ2v) is 7.29. The van der Waals surface area contributed by atoms with Crippen LogP contribution in [0.3, 0.4) is 0 Å². The van der Waals surface area contributed by atoms with Crippen LogP contribution in [0, 0.1) is 18.3 Å². The number of nitriles is 1. The van der Waals surface area contributed by atoms with Crippen molar-refractivity contribution in [3.8, 4) is 6.07 Å². The maximum atomic E-state index is 9.66. The first-order chi connectivity index (χ1) is 12.4.